The predicted octanol–water partition coefficient (Wildman–Crippen LogP) is 2.08. The van der Waals surface area contributed by atoms with Gasteiger partial charge < -0.3 is 5.32 Å². The largest absolute Gasteiger partial charge is 0.356 e. The predicted molar refractivity (Wildman–Crippen MR) is 57.2 cm³/mol. The molecule has 82 valence electrons. The SMILES string of the molecule is CCC(CC)C(=O)NCCCC(=O)Cl. The first-order chi connectivity index (χ1) is 6.61. The van der Waals surface area contributed by atoms with Crippen molar-refractivity contribution in [3.05, 3.63) is 0 Å². The summed E-state index contributed by atoms with van der Waals surface area (Å²) in [6, 6.07) is 0. The number of hydrogen-bond donors (Lipinski definition) is 1. The molecule has 0 fully saturated rings. The molecular weight excluding hydrogens is 202 g/mol. The van der Waals surface area contributed by atoms with E-state index in [0.717, 1.165) is 12.8 Å². The van der Waals surface area contributed by atoms with Gasteiger partial charge in [0, 0.05) is 18.9 Å². The maximum atomic E-state index is 11.4. The van der Waals surface area contributed by atoms with E-state index in [1.165, 1.54) is 0 Å². The molecule has 1 amide bonds. The van der Waals surface area contributed by atoms with Crippen LogP contribution in [0.4, 0.5) is 0 Å². The lowest BCUT2D eigenvalue weighted by molar-refractivity contribution is -0.125. The smallest absolute Gasteiger partial charge is 0.223 e. The lowest BCUT2D eigenvalue weighted by Gasteiger charge is -2.11. The van der Waals surface area contributed by atoms with E-state index >= 15 is 0 Å². The summed E-state index contributed by atoms with van der Waals surface area (Å²) in [6.07, 6.45) is 2.66. The van der Waals surface area contributed by atoms with E-state index in [-0.39, 0.29) is 17.1 Å². The molecule has 0 unspecified atom stereocenters. The van der Waals surface area contributed by atoms with Gasteiger partial charge in [0.2, 0.25) is 11.1 Å². The van der Waals surface area contributed by atoms with E-state index in [1.807, 2.05) is 13.8 Å². The summed E-state index contributed by atoms with van der Waals surface area (Å²) in [7, 11) is 0. The fourth-order valence-corrected chi connectivity index (χ4v) is 1.38. The van der Waals surface area contributed by atoms with Crippen molar-refractivity contribution in [3.63, 3.8) is 0 Å². The van der Waals surface area contributed by atoms with Crippen molar-refractivity contribution in [2.75, 3.05) is 6.54 Å². The normalized spacial score (nSPS) is 10.3. The van der Waals surface area contributed by atoms with Gasteiger partial charge in [0.1, 0.15) is 0 Å². The zero-order valence-corrected chi connectivity index (χ0v) is 9.56. The molecule has 0 saturated carbocycles. The Morgan fingerprint density at radius 3 is 2.29 bits per heavy atom. The van der Waals surface area contributed by atoms with Crippen molar-refractivity contribution in [2.45, 2.75) is 39.5 Å². The Labute approximate surface area is 90.2 Å². The van der Waals surface area contributed by atoms with Crippen LogP contribution in [-0.2, 0) is 9.59 Å². The Morgan fingerprint density at radius 2 is 1.86 bits per heavy atom. The first-order valence-corrected chi connectivity index (χ1v) is 5.45. The van der Waals surface area contributed by atoms with Crippen molar-refractivity contribution in [1.82, 2.24) is 5.32 Å². The molecule has 0 bridgehead atoms. The van der Waals surface area contributed by atoms with Crippen LogP contribution in [0.5, 0.6) is 0 Å². The van der Waals surface area contributed by atoms with Gasteiger partial charge in [-0.05, 0) is 30.9 Å². The number of halogens is 1. The number of amides is 1. The fourth-order valence-electron chi connectivity index (χ4n) is 1.24. The fraction of sp³-hybridized carbons (Fsp3) is 0.800. The van der Waals surface area contributed by atoms with Gasteiger partial charge in [-0.3, -0.25) is 9.59 Å². The molecule has 0 saturated heterocycles. The van der Waals surface area contributed by atoms with Gasteiger partial charge in [-0.15, -0.1) is 0 Å². The molecule has 0 aromatic rings. The Balaban J connectivity index is 3.57. The number of carbonyl (C=O) groups excluding carboxylic acids is 2. The summed E-state index contributed by atoms with van der Waals surface area (Å²) in [5.74, 6) is 0.179. The standard InChI is InChI=1S/C10H18ClNO2/c1-3-8(4-2)10(14)12-7-5-6-9(11)13/h8H,3-7H2,1-2H3,(H,12,14). The first kappa shape index (κ1) is 13.4. The molecule has 0 aliphatic rings. The lowest BCUT2D eigenvalue weighted by Crippen LogP contribution is -2.30. The molecule has 14 heavy (non-hydrogen) atoms. The summed E-state index contributed by atoms with van der Waals surface area (Å²) in [6.45, 7) is 4.53. The highest BCUT2D eigenvalue weighted by Gasteiger charge is 2.12. The molecule has 1 N–H and O–H groups in total. The van der Waals surface area contributed by atoms with Crippen LogP contribution in [0, 0.1) is 5.92 Å². The van der Waals surface area contributed by atoms with Gasteiger partial charge in [0.25, 0.3) is 0 Å². The van der Waals surface area contributed by atoms with Gasteiger partial charge in [-0.1, -0.05) is 13.8 Å². The molecule has 0 aliphatic heterocycles. The van der Waals surface area contributed by atoms with E-state index in [1.54, 1.807) is 0 Å². The van der Waals surface area contributed by atoms with E-state index in [9.17, 15) is 9.59 Å². The quantitative estimate of drug-likeness (QED) is 0.527. The minimum atomic E-state index is -0.346. The Hall–Kier alpha value is -0.570. The van der Waals surface area contributed by atoms with Crippen LogP contribution in [0.25, 0.3) is 0 Å². The molecular formula is C10H18ClNO2. The summed E-state index contributed by atoms with van der Waals surface area (Å²) in [4.78, 5) is 21.8. The van der Waals surface area contributed by atoms with Crippen LogP contribution in [0.3, 0.4) is 0 Å². The summed E-state index contributed by atoms with van der Waals surface area (Å²) >= 11 is 5.16. The highest BCUT2D eigenvalue weighted by molar-refractivity contribution is 6.63. The maximum absolute atomic E-state index is 11.4. The number of carbonyl (C=O) groups is 2. The topological polar surface area (TPSA) is 46.2 Å². The highest BCUT2D eigenvalue weighted by Crippen LogP contribution is 2.06. The van der Waals surface area contributed by atoms with E-state index in [2.05, 4.69) is 5.32 Å². The Kier molecular flexibility index (Phi) is 7.48. The zero-order valence-electron chi connectivity index (χ0n) is 8.81. The van der Waals surface area contributed by atoms with Gasteiger partial charge in [0.15, 0.2) is 0 Å². The third kappa shape index (κ3) is 5.97. The molecule has 0 spiro atoms. The van der Waals surface area contributed by atoms with Crippen molar-refractivity contribution in [1.29, 1.82) is 0 Å². The highest BCUT2D eigenvalue weighted by atomic mass is 35.5. The molecule has 0 aromatic carbocycles. The minimum Gasteiger partial charge on any atom is -0.356 e. The molecule has 0 atom stereocenters. The second kappa shape index (κ2) is 7.80. The molecule has 0 aliphatic carbocycles. The molecule has 3 nitrogen and oxygen atoms in total. The Morgan fingerprint density at radius 1 is 1.29 bits per heavy atom. The molecule has 0 aromatic heterocycles. The average molecular weight is 220 g/mol. The number of rotatable bonds is 7. The molecule has 0 radical (unpaired) electrons. The van der Waals surface area contributed by atoms with Gasteiger partial charge in [-0.25, -0.2) is 0 Å². The molecule has 0 heterocycles. The van der Waals surface area contributed by atoms with Crippen molar-refractivity contribution in [2.24, 2.45) is 5.92 Å². The average Bonchev–Trinajstić information content (AvgIpc) is 2.14. The van der Waals surface area contributed by atoms with E-state index in [0.29, 0.717) is 19.4 Å². The van der Waals surface area contributed by atoms with Gasteiger partial charge in [-0.2, -0.15) is 0 Å². The molecule has 0 rings (SSSR count). The van der Waals surface area contributed by atoms with Crippen molar-refractivity contribution >= 4 is 22.8 Å². The number of nitrogens with one attached hydrogen (secondary N) is 1. The van der Waals surface area contributed by atoms with Crippen LogP contribution in [0.2, 0.25) is 0 Å². The van der Waals surface area contributed by atoms with Gasteiger partial charge >= 0.3 is 0 Å². The lowest BCUT2D eigenvalue weighted by atomic mass is 10.0. The summed E-state index contributed by atoms with van der Waals surface area (Å²) in [5, 5.41) is 2.44. The minimum absolute atomic E-state index is 0.0806. The maximum Gasteiger partial charge on any atom is 0.223 e. The third-order valence-corrected chi connectivity index (χ3v) is 2.39. The monoisotopic (exact) mass is 219 g/mol. The van der Waals surface area contributed by atoms with Gasteiger partial charge in [0.05, 0.1) is 0 Å². The van der Waals surface area contributed by atoms with E-state index < -0.39 is 0 Å². The summed E-state index contributed by atoms with van der Waals surface area (Å²) < 4.78 is 0. The van der Waals surface area contributed by atoms with Crippen LogP contribution >= 0.6 is 11.6 Å². The number of hydrogen-bond acceptors (Lipinski definition) is 2. The first-order valence-electron chi connectivity index (χ1n) is 5.07. The third-order valence-electron chi connectivity index (χ3n) is 2.21. The zero-order chi connectivity index (χ0) is 11.0. The van der Waals surface area contributed by atoms with Crippen LogP contribution in [-0.4, -0.2) is 17.7 Å². The van der Waals surface area contributed by atoms with E-state index in [4.69, 9.17) is 11.6 Å². The molecule has 4 heteroatoms. The van der Waals surface area contributed by atoms with Crippen LogP contribution in [0.1, 0.15) is 39.5 Å². The summed E-state index contributed by atoms with van der Waals surface area (Å²) in [5.41, 5.74) is 0. The second-order valence-electron chi connectivity index (χ2n) is 3.26. The van der Waals surface area contributed by atoms with Crippen LogP contribution in [0.15, 0.2) is 0 Å². The Bertz CT molecular complexity index is 191. The van der Waals surface area contributed by atoms with Crippen LogP contribution < -0.4 is 5.32 Å². The second-order valence-corrected chi connectivity index (χ2v) is 3.68. The van der Waals surface area contributed by atoms with Crippen molar-refractivity contribution in [3.8, 4) is 0 Å². The van der Waals surface area contributed by atoms with Crippen molar-refractivity contribution < 1.29 is 9.59 Å².